The van der Waals surface area contributed by atoms with Crippen LogP contribution in [0.3, 0.4) is 0 Å². The van der Waals surface area contributed by atoms with Crippen LogP contribution in [0.25, 0.3) is 0 Å². The zero-order chi connectivity index (χ0) is 18.8. The number of aryl methyl sites for hydroxylation is 2. The molecule has 25 heavy (non-hydrogen) atoms. The number of nitrogens with one attached hydrogen (secondary N) is 2. The second kappa shape index (κ2) is 7.68. The van der Waals surface area contributed by atoms with E-state index >= 15 is 0 Å². The Bertz CT molecular complexity index is 828. The van der Waals surface area contributed by atoms with E-state index in [0.717, 1.165) is 34.4 Å². The first-order valence-corrected chi connectivity index (χ1v) is 10.0. The average molecular weight is 362 g/mol. The lowest BCUT2D eigenvalue weighted by Crippen LogP contribution is -3.04. The number of hydrogen-bond acceptors (Lipinski definition) is 2. The molecular formula is C20H29N2O2S+. The molecular weight excluding hydrogens is 332 g/mol. The van der Waals surface area contributed by atoms with Crippen LogP contribution >= 0.6 is 0 Å². The molecule has 0 aliphatic rings. The fraction of sp³-hybridized carbons (Fsp3) is 0.400. The summed E-state index contributed by atoms with van der Waals surface area (Å²) in [5, 5.41) is 0. The van der Waals surface area contributed by atoms with Crippen LogP contribution in [0.4, 0.5) is 0 Å². The van der Waals surface area contributed by atoms with Gasteiger partial charge in [-0.3, -0.25) is 0 Å². The Morgan fingerprint density at radius 3 is 1.84 bits per heavy atom. The first-order valence-electron chi connectivity index (χ1n) is 8.55. The monoisotopic (exact) mass is 361 g/mol. The summed E-state index contributed by atoms with van der Waals surface area (Å²) in [6.45, 7) is 8.89. The highest BCUT2D eigenvalue weighted by atomic mass is 32.2. The average Bonchev–Trinajstić information content (AvgIpc) is 2.52. The molecule has 0 amide bonds. The van der Waals surface area contributed by atoms with Crippen LogP contribution in [-0.4, -0.2) is 22.5 Å². The predicted molar refractivity (Wildman–Crippen MR) is 102 cm³/mol. The number of rotatable bonds is 6. The van der Waals surface area contributed by atoms with Crippen molar-refractivity contribution in [3.63, 3.8) is 0 Å². The third kappa shape index (κ3) is 4.69. The maximum Gasteiger partial charge on any atom is 0.241 e. The van der Waals surface area contributed by atoms with Gasteiger partial charge in [0.1, 0.15) is 6.54 Å². The summed E-state index contributed by atoms with van der Waals surface area (Å²) in [6, 6.07) is 10.1. The summed E-state index contributed by atoms with van der Waals surface area (Å²) in [4.78, 5) is 1.77. The molecule has 0 aliphatic heterocycles. The van der Waals surface area contributed by atoms with Crippen LogP contribution < -0.4 is 9.62 Å². The molecule has 136 valence electrons. The lowest BCUT2D eigenvalue weighted by Gasteiger charge is -2.16. The number of sulfonamides is 1. The van der Waals surface area contributed by atoms with Crippen LogP contribution in [0, 0.1) is 27.7 Å². The van der Waals surface area contributed by atoms with Gasteiger partial charge in [0.05, 0.1) is 19.0 Å². The second-order valence-corrected chi connectivity index (χ2v) is 8.82. The summed E-state index contributed by atoms with van der Waals surface area (Å²) in [7, 11) is 0.667. The standard InChI is InChI=1S/C20H28N2O2S/c1-14-11-15(2)17(4)20(16(14)3)25(23,24)21-12-18-7-9-19(10-8-18)13-22(5)6/h7-11,21H,12-13H2,1-6H3/p+1. The Morgan fingerprint density at radius 2 is 1.36 bits per heavy atom. The van der Waals surface area contributed by atoms with Gasteiger partial charge in [0.2, 0.25) is 10.0 Å². The molecule has 4 nitrogen and oxygen atoms in total. The van der Waals surface area contributed by atoms with Gasteiger partial charge in [0.15, 0.2) is 0 Å². The van der Waals surface area contributed by atoms with Gasteiger partial charge < -0.3 is 4.90 Å². The van der Waals surface area contributed by atoms with Crippen molar-refractivity contribution in [2.45, 2.75) is 45.7 Å². The molecule has 5 heteroatoms. The van der Waals surface area contributed by atoms with Gasteiger partial charge in [-0.1, -0.05) is 30.3 Å². The maximum atomic E-state index is 12.8. The highest BCUT2D eigenvalue weighted by Gasteiger charge is 2.21. The maximum absolute atomic E-state index is 12.8. The summed E-state index contributed by atoms with van der Waals surface area (Å²) in [6.07, 6.45) is 0. The Kier molecular flexibility index (Phi) is 6.03. The number of hydrogen-bond donors (Lipinski definition) is 2. The van der Waals surface area contributed by atoms with E-state index in [-0.39, 0.29) is 0 Å². The molecule has 2 aromatic carbocycles. The molecule has 0 heterocycles. The van der Waals surface area contributed by atoms with Gasteiger partial charge in [-0.25, -0.2) is 13.1 Å². The predicted octanol–water partition coefficient (Wildman–Crippen LogP) is 2.04. The smallest absolute Gasteiger partial charge is 0.241 e. The zero-order valence-electron chi connectivity index (χ0n) is 16.0. The van der Waals surface area contributed by atoms with Crippen molar-refractivity contribution in [2.24, 2.45) is 0 Å². The lowest BCUT2D eigenvalue weighted by molar-refractivity contribution is -0.872. The number of benzene rings is 2. The van der Waals surface area contributed by atoms with E-state index in [0.29, 0.717) is 11.4 Å². The van der Waals surface area contributed by atoms with Crippen LogP contribution in [0.5, 0.6) is 0 Å². The van der Waals surface area contributed by atoms with Gasteiger partial charge in [0.25, 0.3) is 0 Å². The zero-order valence-corrected chi connectivity index (χ0v) is 16.8. The Morgan fingerprint density at radius 1 is 0.880 bits per heavy atom. The van der Waals surface area contributed by atoms with Crippen LogP contribution in [0.1, 0.15) is 33.4 Å². The van der Waals surface area contributed by atoms with Crippen molar-refractivity contribution in [3.05, 3.63) is 63.7 Å². The van der Waals surface area contributed by atoms with E-state index in [1.165, 1.54) is 10.5 Å². The second-order valence-electron chi connectivity index (χ2n) is 7.11. The summed E-state index contributed by atoms with van der Waals surface area (Å²) < 4.78 is 28.5. The summed E-state index contributed by atoms with van der Waals surface area (Å²) >= 11 is 0. The van der Waals surface area contributed by atoms with Gasteiger partial charge >= 0.3 is 0 Å². The highest BCUT2D eigenvalue weighted by molar-refractivity contribution is 7.89. The number of quaternary nitrogens is 1. The van der Waals surface area contributed by atoms with E-state index in [9.17, 15) is 8.42 Å². The minimum atomic E-state index is -3.55. The third-order valence-corrected chi connectivity index (χ3v) is 6.29. The van der Waals surface area contributed by atoms with E-state index in [1.807, 2.05) is 45.9 Å². The SMILES string of the molecule is Cc1cc(C)c(C)c(S(=O)(=O)NCc2ccc(C[NH+](C)C)cc2)c1C. The molecule has 0 fully saturated rings. The molecule has 2 N–H and O–H groups in total. The fourth-order valence-corrected chi connectivity index (χ4v) is 4.65. The third-order valence-electron chi connectivity index (χ3n) is 4.61. The molecule has 0 aromatic heterocycles. The van der Waals surface area contributed by atoms with Crippen molar-refractivity contribution in [3.8, 4) is 0 Å². The van der Waals surface area contributed by atoms with E-state index < -0.39 is 10.0 Å². The molecule has 0 bridgehead atoms. The topological polar surface area (TPSA) is 50.6 Å². The van der Waals surface area contributed by atoms with Crippen molar-refractivity contribution in [1.29, 1.82) is 0 Å². The van der Waals surface area contributed by atoms with E-state index in [1.54, 1.807) is 0 Å². The molecule has 0 atom stereocenters. The van der Waals surface area contributed by atoms with Crippen molar-refractivity contribution in [1.82, 2.24) is 4.72 Å². The quantitative estimate of drug-likeness (QED) is 0.827. The summed E-state index contributed by atoms with van der Waals surface area (Å²) in [5.41, 5.74) is 5.84. The summed E-state index contributed by atoms with van der Waals surface area (Å²) in [5.74, 6) is 0. The van der Waals surface area contributed by atoms with Crippen molar-refractivity contribution in [2.75, 3.05) is 14.1 Å². The Hall–Kier alpha value is -1.69. The molecule has 2 rings (SSSR count). The van der Waals surface area contributed by atoms with Crippen molar-refractivity contribution < 1.29 is 13.3 Å². The molecule has 0 unspecified atom stereocenters. The first-order chi connectivity index (χ1) is 11.6. The normalized spacial score (nSPS) is 12.0. The van der Waals surface area contributed by atoms with E-state index in [4.69, 9.17) is 0 Å². The molecule has 0 spiro atoms. The van der Waals surface area contributed by atoms with Gasteiger partial charge in [-0.05, 0) is 55.5 Å². The van der Waals surface area contributed by atoms with Crippen LogP contribution in [0.15, 0.2) is 35.2 Å². The largest absolute Gasteiger partial charge is 0.336 e. The Balaban J connectivity index is 2.20. The van der Waals surface area contributed by atoms with Crippen molar-refractivity contribution >= 4 is 10.0 Å². The highest BCUT2D eigenvalue weighted by Crippen LogP contribution is 2.26. The van der Waals surface area contributed by atoms with Crippen LogP contribution in [0.2, 0.25) is 0 Å². The molecule has 0 aliphatic carbocycles. The minimum absolute atomic E-state index is 0.295. The first kappa shape index (κ1) is 19.6. The van der Waals surface area contributed by atoms with Gasteiger partial charge in [-0.2, -0.15) is 0 Å². The van der Waals surface area contributed by atoms with Gasteiger partial charge in [0, 0.05) is 12.1 Å². The van der Waals surface area contributed by atoms with E-state index in [2.05, 4.69) is 31.0 Å². The van der Waals surface area contributed by atoms with Gasteiger partial charge in [-0.15, -0.1) is 0 Å². The lowest BCUT2D eigenvalue weighted by atomic mass is 10.0. The fourth-order valence-electron chi connectivity index (χ4n) is 3.02. The molecule has 2 aromatic rings. The molecule has 0 saturated heterocycles. The van der Waals surface area contributed by atoms with Crippen LogP contribution in [-0.2, 0) is 23.1 Å². The Labute approximate surface area is 151 Å². The molecule has 0 radical (unpaired) electrons. The minimum Gasteiger partial charge on any atom is -0.336 e. The molecule has 0 saturated carbocycles.